The maximum absolute atomic E-state index is 12.3. The first-order valence-corrected chi connectivity index (χ1v) is 7.41. The van der Waals surface area contributed by atoms with E-state index >= 15 is 0 Å². The molecule has 2 aliphatic rings. The first kappa shape index (κ1) is 15.2. The number of urea groups is 1. The quantitative estimate of drug-likeness (QED) is 0.665. The molecule has 9 nitrogen and oxygen atoms in total. The van der Waals surface area contributed by atoms with Crippen molar-refractivity contribution in [3.63, 3.8) is 0 Å². The van der Waals surface area contributed by atoms with Crippen LogP contribution >= 0.6 is 0 Å². The van der Waals surface area contributed by atoms with Crippen molar-refractivity contribution in [2.24, 2.45) is 0 Å². The van der Waals surface area contributed by atoms with E-state index in [2.05, 4.69) is 9.97 Å². The smallest absolute Gasteiger partial charge is 0.327 e. The molecule has 2 saturated heterocycles. The summed E-state index contributed by atoms with van der Waals surface area (Å²) in [5.74, 6) is 0.101. The molecule has 0 saturated carbocycles. The lowest BCUT2D eigenvalue weighted by Crippen LogP contribution is -2.52. The summed E-state index contributed by atoms with van der Waals surface area (Å²) in [6.45, 7) is 2.12. The summed E-state index contributed by atoms with van der Waals surface area (Å²) >= 11 is 0. The van der Waals surface area contributed by atoms with Crippen LogP contribution in [0.15, 0.2) is 18.5 Å². The highest BCUT2D eigenvalue weighted by Gasteiger charge is 2.36. The average molecular weight is 318 g/mol. The lowest BCUT2D eigenvalue weighted by Gasteiger charge is -2.35. The van der Waals surface area contributed by atoms with Crippen molar-refractivity contribution in [1.29, 1.82) is 0 Å². The van der Waals surface area contributed by atoms with Crippen molar-refractivity contribution in [3.8, 4) is 0 Å². The average Bonchev–Trinajstić information content (AvgIpc) is 2.82. The molecule has 0 aromatic carbocycles. The van der Waals surface area contributed by atoms with Crippen molar-refractivity contribution in [3.05, 3.63) is 18.5 Å². The van der Waals surface area contributed by atoms with Gasteiger partial charge in [0.1, 0.15) is 13.1 Å². The Morgan fingerprint density at radius 2 is 1.78 bits per heavy atom. The maximum Gasteiger partial charge on any atom is 0.327 e. The summed E-state index contributed by atoms with van der Waals surface area (Å²) < 4.78 is 0. The normalized spacial score (nSPS) is 18.8. The van der Waals surface area contributed by atoms with Gasteiger partial charge in [0.2, 0.25) is 11.9 Å². The van der Waals surface area contributed by atoms with E-state index in [1.165, 1.54) is 4.90 Å². The van der Waals surface area contributed by atoms with Crippen molar-refractivity contribution < 1.29 is 14.4 Å². The van der Waals surface area contributed by atoms with Crippen LogP contribution in [0.1, 0.15) is 0 Å². The Bertz CT molecular complexity index is 614. The summed E-state index contributed by atoms with van der Waals surface area (Å²) in [7, 11) is 1.54. The third kappa shape index (κ3) is 3.08. The Kier molecular flexibility index (Phi) is 4.09. The van der Waals surface area contributed by atoms with Gasteiger partial charge < -0.3 is 14.7 Å². The molecule has 3 heterocycles. The number of likely N-dealkylation sites (N-methyl/N-ethyl adjacent to an activating group) is 1. The number of carbonyl (C=O) groups is 3. The molecule has 0 radical (unpaired) electrons. The number of rotatable bonds is 3. The van der Waals surface area contributed by atoms with Gasteiger partial charge in [-0.15, -0.1) is 0 Å². The SMILES string of the molecule is CN1CC(=O)N(CC(=O)N2CCN(c3ncccn3)CC2)C1=O. The monoisotopic (exact) mass is 318 g/mol. The number of hydrogen-bond acceptors (Lipinski definition) is 6. The summed E-state index contributed by atoms with van der Waals surface area (Å²) in [6.07, 6.45) is 3.36. The predicted molar refractivity (Wildman–Crippen MR) is 80.6 cm³/mol. The van der Waals surface area contributed by atoms with Crippen molar-refractivity contribution in [2.45, 2.75) is 0 Å². The summed E-state index contributed by atoms with van der Waals surface area (Å²) in [5.41, 5.74) is 0. The number of anilines is 1. The highest BCUT2D eigenvalue weighted by molar-refractivity contribution is 6.04. The molecule has 3 rings (SSSR count). The van der Waals surface area contributed by atoms with Crippen LogP contribution in [0.4, 0.5) is 10.7 Å². The molecule has 122 valence electrons. The topological polar surface area (TPSA) is 90.0 Å². The minimum atomic E-state index is -0.417. The van der Waals surface area contributed by atoms with Gasteiger partial charge in [-0.3, -0.25) is 14.5 Å². The number of imide groups is 1. The van der Waals surface area contributed by atoms with E-state index < -0.39 is 6.03 Å². The van der Waals surface area contributed by atoms with E-state index in [1.807, 2.05) is 4.90 Å². The van der Waals surface area contributed by atoms with Gasteiger partial charge in [0.15, 0.2) is 0 Å². The third-order valence-corrected chi connectivity index (χ3v) is 3.99. The lowest BCUT2D eigenvalue weighted by atomic mass is 10.3. The van der Waals surface area contributed by atoms with Crippen LogP contribution < -0.4 is 4.90 Å². The van der Waals surface area contributed by atoms with Gasteiger partial charge in [0.25, 0.3) is 5.91 Å². The number of hydrogen-bond donors (Lipinski definition) is 0. The fraction of sp³-hybridized carbons (Fsp3) is 0.500. The first-order chi connectivity index (χ1) is 11.1. The summed E-state index contributed by atoms with van der Waals surface area (Å²) in [6, 6.07) is 1.34. The van der Waals surface area contributed by atoms with E-state index in [0.717, 1.165) is 4.90 Å². The van der Waals surface area contributed by atoms with Gasteiger partial charge in [-0.25, -0.2) is 14.8 Å². The Hall–Kier alpha value is -2.71. The van der Waals surface area contributed by atoms with Crippen LogP contribution in [0, 0.1) is 0 Å². The minimum Gasteiger partial charge on any atom is -0.338 e. The van der Waals surface area contributed by atoms with Gasteiger partial charge in [0.05, 0.1) is 0 Å². The molecule has 4 amide bonds. The zero-order valence-corrected chi connectivity index (χ0v) is 12.9. The highest BCUT2D eigenvalue weighted by Crippen LogP contribution is 2.12. The van der Waals surface area contributed by atoms with Gasteiger partial charge >= 0.3 is 6.03 Å². The second-order valence-electron chi connectivity index (χ2n) is 5.54. The van der Waals surface area contributed by atoms with E-state index in [9.17, 15) is 14.4 Å². The molecule has 0 bridgehead atoms. The largest absolute Gasteiger partial charge is 0.338 e. The van der Waals surface area contributed by atoms with Crippen LogP contribution in [0.5, 0.6) is 0 Å². The van der Waals surface area contributed by atoms with E-state index in [1.54, 1.807) is 30.4 Å². The van der Waals surface area contributed by atoms with Crippen molar-refractivity contribution >= 4 is 23.8 Å². The van der Waals surface area contributed by atoms with E-state index in [0.29, 0.717) is 32.1 Å². The molecule has 0 N–H and O–H groups in total. The fourth-order valence-corrected chi connectivity index (χ4v) is 2.67. The standard InChI is InChI=1S/C14H18N6O3/c1-17-9-12(22)20(14(17)23)10-11(21)18-5-7-19(8-6-18)13-15-3-2-4-16-13/h2-4H,5-10H2,1H3. The van der Waals surface area contributed by atoms with Crippen LogP contribution in [-0.4, -0.2) is 88.8 Å². The molecule has 0 spiro atoms. The second-order valence-corrected chi connectivity index (χ2v) is 5.54. The molecule has 9 heteroatoms. The zero-order chi connectivity index (χ0) is 16.4. The molecule has 1 aromatic heterocycles. The molecule has 0 aliphatic carbocycles. The first-order valence-electron chi connectivity index (χ1n) is 7.41. The van der Waals surface area contributed by atoms with Crippen LogP contribution in [-0.2, 0) is 9.59 Å². The van der Waals surface area contributed by atoms with Gasteiger partial charge in [0, 0.05) is 45.6 Å². The Balaban J connectivity index is 1.55. The molecule has 0 atom stereocenters. The van der Waals surface area contributed by atoms with Gasteiger partial charge in [-0.2, -0.15) is 0 Å². The Morgan fingerprint density at radius 3 is 2.35 bits per heavy atom. The zero-order valence-electron chi connectivity index (χ0n) is 12.9. The summed E-state index contributed by atoms with van der Waals surface area (Å²) in [4.78, 5) is 50.2. The fourth-order valence-electron chi connectivity index (χ4n) is 2.67. The third-order valence-electron chi connectivity index (χ3n) is 3.99. The van der Waals surface area contributed by atoms with Crippen LogP contribution in [0.25, 0.3) is 0 Å². The molecular formula is C14H18N6O3. The van der Waals surface area contributed by atoms with Crippen LogP contribution in [0.2, 0.25) is 0 Å². The Morgan fingerprint density at radius 1 is 1.13 bits per heavy atom. The number of carbonyl (C=O) groups excluding carboxylic acids is 3. The Labute approximate surface area is 133 Å². The van der Waals surface area contributed by atoms with Crippen molar-refractivity contribution in [1.82, 2.24) is 24.7 Å². The minimum absolute atomic E-state index is 0.0330. The molecule has 23 heavy (non-hydrogen) atoms. The van der Waals surface area contributed by atoms with Gasteiger partial charge in [-0.1, -0.05) is 0 Å². The highest BCUT2D eigenvalue weighted by atomic mass is 16.2. The number of nitrogens with zero attached hydrogens (tertiary/aromatic N) is 6. The molecular weight excluding hydrogens is 300 g/mol. The second kappa shape index (κ2) is 6.19. The van der Waals surface area contributed by atoms with Crippen LogP contribution in [0.3, 0.4) is 0 Å². The van der Waals surface area contributed by atoms with Crippen molar-refractivity contribution in [2.75, 3.05) is 51.2 Å². The summed E-state index contributed by atoms with van der Waals surface area (Å²) in [5, 5.41) is 0. The molecule has 1 aromatic rings. The predicted octanol–water partition coefficient (Wildman–Crippen LogP) is -0.981. The maximum atomic E-state index is 12.3. The van der Waals surface area contributed by atoms with Gasteiger partial charge in [-0.05, 0) is 6.07 Å². The number of aromatic nitrogens is 2. The molecule has 2 aliphatic heterocycles. The number of piperazine rings is 1. The van der Waals surface area contributed by atoms with E-state index in [4.69, 9.17) is 0 Å². The lowest BCUT2D eigenvalue weighted by molar-refractivity contribution is -0.136. The van der Waals surface area contributed by atoms with E-state index in [-0.39, 0.29) is 24.9 Å². The number of amides is 4. The molecule has 0 unspecified atom stereocenters. The molecule has 2 fully saturated rings.